The molecule has 3 heterocycles. The molecule has 3 aromatic carbocycles. The summed E-state index contributed by atoms with van der Waals surface area (Å²) in [5.74, 6) is 0.184. The second-order valence-corrected chi connectivity index (χ2v) is 9.60. The van der Waals surface area contributed by atoms with Crippen LogP contribution in [0.5, 0.6) is 11.5 Å². The smallest absolute Gasteiger partial charge is 0.338 e. The first-order valence-corrected chi connectivity index (χ1v) is 12.8. The Hall–Kier alpha value is -4.50. The fraction of sp³-hybridized carbons (Fsp3) is 0.138. The molecule has 0 amide bonds. The lowest BCUT2D eigenvalue weighted by molar-refractivity contribution is -0.138. The van der Waals surface area contributed by atoms with Crippen LogP contribution in [0.15, 0.2) is 88.2 Å². The second-order valence-electron chi connectivity index (χ2n) is 8.60. The molecule has 2 aliphatic rings. The van der Waals surface area contributed by atoms with E-state index in [1.165, 1.54) is 28.0 Å². The van der Waals surface area contributed by atoms with Gasteiger partial charge in [-0.3, -0.25) is 9.36 Å². The maximum absolute atomic E-state index is 13.8. The van der Waals surface area contributed by atoms with Gasteiger partial charge in [0.15, 0.2) is 16.3 Å². The van der Waals surface area contributed by atoms with Crippen LogP contribution < -0.4 is 24.4 Å². The van der Waals surface area contributed by atoms with Gasteiger partial charge < -0.3 is 14.2 Å². The van der Waals surface area contributed by atoms with E-state index in [0.717, 1.165) is 5.56 Å². The summed E-state index contributed by atoms with van der Waals surface area (Å²) in [5, 5.41) is 0. The van der Waals surface area contributed by atoms with E-state index in [4.69, 9.17) is 19.2 Å². The van der Waals surface area contributed by atoms with Crippen molar-refractivity contribution in [2.45, 2.75) is 13.0 Å². The van der Waals surface area contributed by atoms with E-state index in [9.17, 15) is 14.0 Å². The molecule has 6 rings (SSSR count). The number of thiazole rings is 1. The summed E-state index contributed by atoms with van der Waals surface area (Å²) in [6.07, 6.45) is 1.69. The Kier molecular flexibility index (Phi) is 6.13. The zero-order valence-electron chi connectivity index (χ0n) is 20.2. The van der Waals surface area contributed by atoms with Gasteiger partial charge in [0.1, 0.15) is 5.82 Å². The molecule has 0 radical (unpaired) electrons. The molecular weight excluding hydrogens is 507 g/mol. The number of nitrogens with zero attached hydrogens (tertiary/aromatic N) is 2. The Morgan fingerprint density at radius 3 is 2.63 bits per heavy atom. The van der Waals surface area contributed by atoms with E-state index >= 15 is 0 Å². The molecule has 0 spiro atoms. The highest BCUT2D eigenvalue weighted by molar-refractivity contribution is 7.07. The van der Waals surface area contributed by atoms with E-state index in [0.29, 0.717) is 37.7 Å². The van der Waals surface area contributed by atoms with Crippen LogP contribution in [0.4, 0.5) is 4.39 Å². The van der Waals surface area contributed by atoms with Crippen LogP contribution in [0.3, 0.4) is 0 Å². The molecule has 2 aliphatic heterocycles. The van der Waals surface area contributed by atoms with Crippen molar-refractivity contribution in [1.29, 1.82) is 0 Å². The van der Waals surface area contributed by atoms with Crippen molar-refractivity contribution in [3.8, 4) is 11.5 Å². The number of halogens is 1. The maximum atomic E-state index is 13.8. The van der Waals surface area contributed by atoms with Crippen LogP contribution in [0.25, 0.3) is 11.8 Å². The van der Waals surface area contributed by atoms with Crippen LogP contribution in [0, 0.1) is 5.82 Å². The van der Waals surface area contributed by atoms with Crippen LogP contribution in [-0.2, 0) is 9.53 Å². The number of esters is 1. The van der Waals surface area contributed by atoms with Gasteiger partial charge in [-0.1, -0.05) is 59.9 Å². The quantitative estimate of drug-likeness (QED) is 0.368. The molecule has 1 aromatic heterocycles. The van der Waals surface area contributed by atoms with Crippen molar-refractivity contribution in [3.05, 3.63) is 121 Å². The normalized spacial score (nSPS) is 16.3. The van der Waals surface area contributed by atoms with Crippen molar-refractivity contribution < 1.29 is 23.4 Å². The number of rotatable bonds is 5. The van der Waals surface area contributed by atoms with Crippen molar-refractivity contribution in [3.63, 3.8) is 0 Å². The number of hydrogen-bond donors (Lipinski definition) is 0. The maximum Gasteiger partial charge on any atom is 0.338 e. The number of hydrogen-bond acceptors (Lipinski definition) is 7. The summed E-state index contributed by atoms with van der Waals surface area (Å²) in [7, 11) is 0. The van der Waals surface area contributed by atoms with Gasteiger partial charge in [-0.15, -0.1) is 0 Å². The van der Waals surface area contributed by atoms with E-state index in [1.54, 1.807) is 37.3 Å². The molecule has 0 saturated heterocycles. The van der Waals surface area contributed by atoms with Gasteiger partial charge in [-0.25, -0.2) is 14.2 Å². The molecule has 0 saturated carbocycles. The standard InChI is InChI=1S/C29H21FN2O5S/c1-2-35-28(34)24-25(18-6-4-3-5-7-18)31-29-32(26(24)19-10-13-21-22(15-19)37-16-36-21)27(33)23(38-29)14-17-8-11-20(30)12-9-17/h3-15,26H,2,16H2,1H3/b23-14+/t26-/m0/s1. The molecule has 38 heavy (non-hydrogen) atoms. The van der Waals surface area contributed by atoms with Gasteiger partial charge >= 0.3 is 5.97 Å². The van der Waals surface area contributed by atoms with Crippen LogP contribution in [0.2, 0.25) is 0 Å². The SMILES string of the molecule is CCOC(=O)C1=C(c2ccccc2)N=c2s/c(=C/c3ccc(F)cc3)c(=O)n2[C@H]1c1ccc2c(c1)OCO2. The lowest BCUT2D eigenvalue weighted by Gasteiger charge is -2.26. The van der Waals surface area contributed by atoms with E-state index in [-0.39, 0.29) is 30.3 Å². The average molecular weight is 529 g/mol. The lowest BCUT2D eigenvalue weighted by Crippen LogP contribution is -2.40. The van der Waals surface area contributed by atoms with Crippen molar-refractivity contribution in [2.24, 2.45) is 4.99 Å². The van der Waals surface area contributed by atoms with Gasteiger partial charge in [-0.2, -0.15) is 0 Å². The summed E-state index contributed by atoms with van der Waals surface area (Å²) in [4.78, 5) is 32.6. The van der Waals surface area contributed by atoms with E-state index in [2.05, 4.69) is 0 Å². The lowest BCUT2D eigenvalue weighted by atomic mass is 9.93. The Morgan fingerprint density at radius 2 is 1.87 bits per heavy atom. The molecule has 4 aromatic rings. The summed E-state index contributed by atoms with van der Waals surface area (Å²) in [6.45, 7) is 1.98. The van der Waals surface area contributed by atoms with Gasteiger partial charge in [-0.05, 0) is 48.4 Å². The third-order valence-electron chi connectivity index (χ3n) is 6.25. The first-order chi connectivity index (χ1) is 18.5. The first-order valence-electron chi connectivity index (χ1n) is 12.0. The predicted octanol–water partition coefficient (Wildman–Crippen LogP) is 3.80. The summed E-state index contributed by atoms with van der Waals surface area (Å²) < 4.78 is 31.9. The van der Waals surface area contributed by atoms with E-state index in [1.807, 2.05) is 36.4 Å². The van der Waals surface area contributed by atoms with Gasteiger partial charge in [0.05, 0.1) is 28.5 Å². The largest absolute Gasteiger partial charge is 0.463 e. The minimum absolute atomic E-state index is 0.0923. The molecule has 0 bridgehead atoms. The number of fused-ring (bicyclic) bond motifs is 2. The predicted molar refractivity (Wildman–Crippen MR) is 140 cm³/mol. The van der Waals surface area contributed by atoms with Crippen molar-refractivity contribution >= 4 is 29.1 Å². The number of carbonyl (C=O) groups excluding carboxylic acids is 1. The average Bonchev–Trinajstić information content (AvgIpc) is 3.53. The molecule has 0 aliphatic carbocycles. The highest BCUT2D eigenvalue weighted by Crippen LogP contribution is 2.40. The number of carbonyl (C=O) groups is 1. The van der Waals surface area contributed by atoms with Crippen molar-refractivity contribution in [2.75, 3.05) is 13.4 Å². The number of ether oxygens (including phenoxy) is 3. The first kappa shape index (κ1) is 23.9. The molecule has 1 atom stereocenters. The zero-order chi connectivity index (χ0) is 26.2. The summed E-state index contributed by atoms with van der Waals surface area (Å²) in [5.41, 5.74) is 2.39. The van der Waals surface area contributed by atoms with Crippen LogP contribution in [-0.4, -0.2) is 23.9 Å². The fourth-order valence-corrected chi connectivity index (χ4v) is 5.55. The monoisotopic (exact) mass is 528 g/mol. The fourth-order valence-electron chi connectivity index (χ4n) is 4.55. The number of aromatic nitrogens is 1. The van der Waals surface area contributed by atoms with Crippen LogP contribution >= 0.6 is 11.3 Å². The Balaban J connectivity index is 1.64. The van der Waals surface area contributed by atoms with Gasteiger partial charge in [0.25, 0.3) is 5.56 Å². The number of benzene rings is 3. The highest BCUT2D eigenvalue weighted by atomic mass is 32.1. The van der Waals surface area contributed by atoms with Gasteiger partial charge in [0.2, 0.25) is 6.79 Å². The zero-order valence-corrected chi connectivity index (χ0v) is 21.0. The second kappa shape index (κ2) is 9.75. The third kappa shape index (κ3) is 4.20. The molecule has 190 valence electrons. The summed E-state index contributed by atoms with van der Waals surface area (Å²) in [6, 6.07) is 19.7. The minimum atomic E-state index is -0.828. The molecule has 9 heteroatoms. The Labute approximate surface area is 220 Å². The minimum Gasteiger partial charge on any atom is -0.463 e. The Bertz CT molecular complexity index is 1760. The van der Waals surface area contributed by atoms with E-state index < -0.39 is 12.0 Å². The third-order valence-corrected chi connectivity index (χ3v) is 7.24. The molecule has 0 fully saturated rings. The van der Waals surface area contributed by atoms with Crippen LogP contribution in [0.1, 0.15) is 29.7 Å². The molecule has 0 unspecified atom stereocenters. The summed E-state index contributed by atoms with van der Waals surface area (Å²) >= 11 is 1.20. The Morgan fingerprint density at radius 1 is 1.11 bits per heavy atom. The molecule has 7 nitrogen and oxygen atoms in total. The van der Waals surface area contributed by atoms with Gasteiger partial charge in [0, 0.05) is 5.56 Å². The highest BCUT2D eigenvalue weighted by Gasteiger charge is 2.36. The molecule has 0 N–H and O–H groups in total. The molecular formula is C29H21FN2O5S. The van der Waals surface area contributed by atoms with Crippen molar-refractivity contribution in [1.82, 2.24) is 4.57 Å². The topological polar surface area (TPSA) is 79.1 Å².